The van der Waals surface area contributed by atoms with Gasteiger partial charge in [-0.15, -0.1) is 0 Å². The topological polar surface area (TPSA) is 38.8 Å². The Morgan fingerprint density at radius 3 is 2.59 bits per heavy atom. The van der Waals surface area contributed by atoms with Crippen LogP contribution in [0.15, 0.2) is 48.5 Å². The SMILES string of the molecule is COc1cc(/C=C/C(=O)N(C)C2CCCCC2)ccc1OCc1ccccc1C. The summed E-state index contributed by atoms with van der Waals surface area (Å²) >= 11 is 0. The van der Waals surface area contributed by atoms with E-state index >= 15 is 0 Å². The number of ether oxygens (including phenoxy) is 2. The Morgan fingerprint density at radius 2 is 1.86 bits per heavy atom. The van der Waals surface area contributed by atoms with Crippen LogP contribution >= 0.6 is 0 Å². The van der Waals surface area contributed by atoms with Crippen LogP contribution in [0.3, 0.4) is 0 Å². The third kappa shape index (κ3) is 5.63. The summed E-state index contributed by atoms with van der Waals surface area (Å²) in [5, 5.41) is 0. The number of carbonyl (C=O) groups is 1. The minimum Gasteiger partial charge on any atom is -0.493 e. The highest BCUT2D eigenvalue weighted by Gasteiger charge is 2.20. The number of likely N-dealkylation sites (N-methyl/N-ethyl adjacent to an activating group) is 1. The molecule has 0 spiro atoms. The second kappa shape index (κ2) is 10.1. The van der Waals surface area contributed by atoms with Crippen molar-refractivity contribution in [3.05, 3.63) is 65.2 Å². The first-order valence-electron chi connectivity index (χ1n) is 10.4. The van der Waals surface area contributed by atoms with Crippen LogP contribution in [-0.4, -0.2) is 31.0 Å². The molecular weight excluding hydrogens is 362 g/mol. The number of rotatable bonds is 7. The third-order valence-corrected chi connectivity index (χ3v) is 5.72. The molecule has 4 heteroatoms. The molecule has 1 saturated carbocycles. The number of benzene rings is 2. The lowest BCUT2D eigenvalue weighted by Gasteiger charge is -2.30. The van der Waals surface area contributed by atoms with Gasteiger partial charge in [-0.1, -0.05) is 49.6 Å². The Labute approximate surface area is 174 Å². The van der Waals surface area contributed by atoms with Crippen LogP contribution in [0.25, 0.3) is 6.08 Å². The third-order valence-electron chi connectivity index (χ3n) is 5.72. The van der Waals surface area contributed by atoms with E-state index in [0.717, 1.165) is 24.0 Å². The first-order chi connectivity index (χ1) is 14.1. The Balaban J connectivity index is 1.64. The van der Waals surface area contributed by atoms with Crippen molar-refractivity contribution in [1.82, 2.24) is 4.90 Å². The Morgan fingerprint density at radius 1 is 1.10 bits per heavy atom. The van der Waals surface area contributed by atoms with Gasteiger partial charge in [-0.2, -0.15) is 0 Å². The van der Waals surface area contributed by atoms with Gasteiger partial charge in [-0.05, 0) is 54.7 Å². The van der Waals surface area contributed by atoms with E-state index in [4.69, 9.17) is 9.47 Å². The molecule has 0 aliphatic heterocycles. The lowest BCUT2D eigenvalue weighted by atomic mass is 9.94. The second-order valence-electron chi connectivity index (χ2n) is 7.70. The molecule has 0 unspecified atom stereocenters. The maximum absolute atomic E-state index is 12.5. The molecule has 0 N–H and O–H groups in total. The summed E-state index contributed by atoms with van der Waals surface area (Å²) in [6.07, 6.45) is 9.42. The van der Waals surface area contributed by atoms with Gasteiger partial charge in [0.05, 0.1) is 7.11 Å². The van der Waals surface area contributed by atoms with E-state index in [2.05, 4.69) is 19.1 Å². The van der Waals surface area contributed by atoms with E-state index in [0.29, 0.717) is 24.1 Å². The van der Waals surface area contributed by atoms with Gasteiger partial charge in [0.1, 0.15) is 6.61 Å². The van der Waals surface area contributed by atoms with Crippen LogP contribution in [0, 0.1) is 6.92 Å². The van der Waals surface area contributed by atoms with Gasteiger partial charge in [0.2, 0.25) is 5.91 Å². The van der Waals surface area contributed by atoms with Crippen LogP contribution in [0.1, 0.15) is 48.8 Å². The first-order valence-corrected chi connectivity index (χ1v) is 10.4. The van der Waals surface area contributed by atoms with Gasteiger partial charge in [0, 0.05) is 19.2 Å². The molecule has 2 aromatic rings. The number of carbonyl (C=O) groups excluding carboxylic acids is 1. The molecular formula is C25H31NO3. The van der Waals surface area contributed by atoms with Crippen molar-refractivity contribution in [3.63, 3.8) is 0 Å². The average molecular weight is 394 g/mol. The van der Waals surface area contributed by atoms with Crippen molar-refractivity contribution in [2.75, 3.05) is 14.2 Å². The molecule has 3 rings (SSSR count). The Hall–Kier alpha value is -2.75. The van der Waals surface area contributed by atoms with Crippen LogP contribution in [0.2, 0.25) is 0 Å². The smallest absolute Gasteiger partial charge is 0.246 e. The van der Waals surface area contributed by atoms with E-state index in [1.807, 2.05) is 48.4 Å². The predicted octanol–water partition coefficient (Wildman–Crippen LogP) is 5.39. The standard InChI is InChI=1S/C25H31NO3/c1-19-9-7-8-10-21(19)18-29-23-15-13-20(17-24(23)28-3)14-16-25(27)26(2)22-11-5-4-6-12-22/h7-10,13-17,22H,4-6,11-12,18H2,1-3H3/b16-14+. The fourth-order valence-electron chi connectivity index (χ4n) is 3.77. The monoisotopic (exact) mass is 393 g/mol. The van der Waals surface area contributed by atoms with Crippen molar-refractivity contribution in [3.8, 4) is 11.5 Å². The van der Waals surface area contributed by atoms with Crippen molar-refractivity contribution < 1.29 is 14.3 Å². The second-order valence-corrected chi connectivity index (χ2v) is 7.70. The summed E-state index contributed by atoms with van der Waals surface area (Å²) in [5.74, 6) is 1.41. The number of amides is 1. The number of methoxy groups -OCH3 is 1. The minimum atomic E-state index is 0.0516. The van der Waals surface area contributed by atoms with E-state index in [1.165, 1.54) is 24.8 Å². The summed E-state index contributed by atoms with van der Waals surface area (Å²) in [6.45, 7) is 2.56. The van der Waals surface area contributed by atoms with E-state index in [9.17, 15) is 4.79 Å². The molecule has 0 saturated heterocycles. The largest absolute Gasteiger partial charge is 0.493 e. The minimum absolute atomic E-state index is 0.0516. The van der Waals surface area contributed by atoms with Gasteiger partial charge in [0.15, 0.2) is 11.5 Å². The summed E-state index contributed by atoms with van der Waals surface area (Å²) in [4.78, 5) is 14.4. The van der Waals surface area contributed by atoms with Crippen molar-refractivity contribution in [2.24, 2.45) is 0 Å². The molecule has 1 fully saturated rings. The zero-order chi connectivity index (χ0) is 20.6. The highest BCUT2D eigenvalue weighted by Crippen LogP contribution is 2.30. The molecule has 4 nitrogen and oxygen atoms in total. The highest BCUT2D eigenvalue weighted by atomic mass is 16.5. The molecule has 0 aromatic heterocycles. The lowest BCUT2D eigenvalue weighted by Crippen LogP contribution is -2.37. The molecule has 2 aromatic carbocycles. The fourth-order valence-corrected chi connectivity index (χ4v) is 3.77. The normalized spacial score (nSPS) is 14.7. The average Bonchev–Trinajstić information content (AvgIpc) is 2.77. The van der Waals surface area contributed by atoms with Gasteiger partial charge in [0.25, 0.3) is 0 Å². The number of aryl methyl sites for hydroxylation is 1. The highest BCUT2D eigenvalue weighted by molar-refractivity contribution is 5.91. The van der Waals surface area contributed by atoms with Crippen LogP contribution in [-0.2, 0) is 11.4 Å². The molecule has 1 amide bonds. The van der Waals surface area contributed by atoms with Crippen molar-refractivity contribution in [1.29, 1.82) is 0 Å². The molecule has 1 aliphatic rings. The van der Waals surface area contributed by atoms with Crippen LogP contribution in [0.4, 0.5) is 0 Å². The van der Waals surface area contributed by atoms with Crippen molar-refractivity contribution >= 4 is 12.0 Å². The molecule has 0 bridgehead atoms. The fraction of sp³-hybridized carbons (Fsp3) is 0.400. The van der Waals surface area contributed by atoms with E-state index in [-0.39, 0.29) is 5.91 Å². The van der Waals surface area contributed by atoms with E-state index < -0.39 is 0 Å². The van der Waals surface area contributed by atoms with Gasteiger partial charge in [-0.3, -0.25) is 4.79 Å². The first kappa shape index (κ1) is 21.0. The number of nitrogens with zero attached hydrogens (tertiary/aromatic N) is 1. The molecule has 29 heavy (non-hydrogen) atoms. The van der Waals surface area contributed by atoms with Crippen LogP contribution in [0.5, 0.6) is 11.5 Å². The summed E-state index contributed by atoms with van der Waals surface area (Å²) < 4.78 is 11.5. The van der Waals surface area contributed by atoms with Crippen molar-refractivity contribution in [2.45, 2.75) is 51.7 Å². The summed E-state index contributed by atoms with van der Waals surface area (Å²) in [5.41, 5.74) is 3.26. The molecule has 0 atom stereocenters. The summed E-state index contributed by atoms with van der Waals surface area (Å²) in [6, 6.07) is 14.3. The predicted molar refractivity (Wildman–Crippen MR) is 117 cm³/mol. The van der Waals surface area contributed by atoms with Gasteiger partial charge >= 0.3 is 0 Å². The number of hydrogen-bond acceptors (Lipinski definition) is 3. The molecule has 154 valence electrons. The zero-order valence-corrected chi connectivity index (χ0v) is 17.7. The summed E-state index contributed by atoms with van der Waals surface area (Å²) in [7, 11) is 3.54. The quantitative estimate of drug-likeness (QED) is 0.592. The molecule has 0 radical (unpaired) electrons. The van der Waals surface area contributed by atoms with Crippen LogP contribution < -0.4 is 9.47 Å². The maximum Gasteiger partial charge on any atom is 0.246 e. The maximum atomic E-state index is 12.5. The van der Waals surface area contributed by atoms with E-state index in [1.54, 1.807) is 13.2 Å². The number of hydrogen-bond donors (Lipinski definition) is 0. The van der Waals surface area contributed by atoms with Gasteiger partial charge in [-0.25, -0.2) is 0 Å². The molecule has 0 heterocycles. The lowest BCUT2D eigenvalue weighted by molar-refractivity contribution is -0.127. The molecule has 1 aliphatic carbocycles. The van der Waals surface area contributed by atoms with Gasteiger partial charge < -0.3 is 14.4 Å². The Bertz CT molecular complexity index is 853. The Kier molecular flexibility index (Phi) is 7.34. The zero-order valence-electron chi connectivity index (χ0n) is 17.7.